The van der Waals surface area contributed by atoms with Crippen molar-refractivity contribution in [3.05, 3.63) is 26.8 Å². The molecule has 0 spiro atoms. The van der Waals surface area contributed by atoms with E-state index in [1.807, 2.05) is 4.90 Å². The van der Waals surface area contributed by atoms with Gasteiger partial charge >= 0.3 is 12.0 Å². The maximum absolute atomic E-state index is 13.4. The molecule has 0 bridgehead atoms. The number of urea groups is 1. The van der Waals surface area contributed by atoms with E-state index in [0.717, 1.165) is 31.2 Å². The molecule has 0 aliphatic carbocycles. The molecule has 2 N–H and O–H groups in total. The highest BCUT2D eigenvalue weighted by atomic mass is 35.5. The SMILES string of the molecule is CCOC(=O)CNC(=O)N(C)C1CCN(CC2CCCN2C(=O)CN2CCCC(NS(=O)(=O)/C=C/c3ccc(Cl)s3)C2=O)C1. The van der Waals surface area contributed by atoms with Crippen molar-refractivity contribution in [1.29, 1.82) is 0 Å². The van der Waals surface area contributed by atoms with Gasteiger partial charge in [-0.25, -0.2) is 13.2 Å². The van der Waals surface area contributed by atoms with Gasteiger partial charge in [-0.1, -0.05) is 11.6 Å². The number of carbonyl (C=O) groups is 4. The molecule has 3 unspecified atom stereocenters. The van der Waals surface area contributed by atoms with E-state index < -0.39 is 27.9 Å². The van der Waals surface area contributed by atoms with Crippen LogP contribution in [0.3, 0.4) is 0 Å². The summed E-state index contributed by atoms with van der Waals surface area (Å²) in [4.78, 5) is 58.4. The number of thiophene rings is 1. The first-order valence-electron chi connectivity index (χ1n) is 14.9. The molecule has 1 aromatic rings. The number of hydrogen-bond donors (Lipinski definition) is 2. The third-order valence-electron chi connectivity index (χ3n) is 8.14. The maximum atomic E-state index is 13.4. The van der Waals surface area contributed by atoms with Crippen molar-refractivity contribution in [2.45, 2.75) is 57.2 Å². The Kier molecular flexibility index (Phi) is 12.0. The summed E-state index contributed by atoms with van der Waals surface area (Å²) in [6, 6.07) is 2.09. The van der Waals surface area contributed by atoms with E-state index >= 15 is 0 Å². The smallest absolute Gasteiger partial charge is 0.325 e. The maximum Gasteiger partial charge on any atom is 0.325 e. The fourth-order valence-corrected chi connectivity index (χ4v) is 7.94. The molecule has 44 heavy (non-hydrogen) atoms. The second-order valence-corrected chi connectivity index (χ2v) is 14.6. The lowest BCUT2D eigenvalue weighted by molar-refractivity contribution is -0.143. The number of piperidine rings is 1. The summed E-state index contributed by atoms with van der Waals surface area (Å²) in [5, 5.41) is 3.61. The summed E-state index contributed by atoms with van der Waals surface area (Å²) in [5.74, 6) is -1.03. The topological polar surface area (TPSA) is 149 Å². The predicted octanol–water partition coefficient (Wildman–Crippen LogP) is 1.55. The van der Waals surface area contributed by atoms with Crippen LogP contribution in [0.2, 0.25) is 4.34 Å². The minimum absolute atomic E-state index is 0.00530. The van der Waals surface area contributed by atoms with Crippen LogP contribution in [-0.4, -0.2) is 129 Å². The Bertz CT molecular complexity index is 1340. The first-order valence-corrected chi connectivity index (χ1v) is 17.6. The van der Waals surface area contributed by atoms with Gasteiger partial charge < -0.3 is 24.8 Å². The molecule has 0 radical (unpaired) electrons. The van der Waals surface area contributed by atoms with Crippen LogP contribution in [-0.2, 0) is 29.1 Å². The average Bonchev–Trinajstić information content (AvgIpc) is 3.74. The molecule has 16 heteroatoms. The number of hydrogen-bond acceptors (Lipinski definition) is 9. The van der Waals surface area contributed by atoms with E-state index in [1.165, 1.54) is 22.3 Å². The Morgan fingerprint density at radius 3 is 2.66 bits per heavy atom. The second kappa shape index (κ2) is 15.5. The van der Waals surface area contributed by atoms with Gasteiger partial charge in [0.2, 0.25) is 21.8 Å². The van der Waals surface area contributed by atoms with Crippen molar-refractivity contribution < 1.29 is 32.3 Å². The summed E-state index contributed by atoms with van der Waals surface area (Å²) in [7, 11) is -2.18. The zero-order valence-corrected chi connectivity index (χ0v) is 27.5. The molecule has 0 aromatic carbocycles. The van der Waals surface area contributed by atoms with Crippen molar-refractivity contribution >= 4 is 62.9 Å². The molecular weight excluding hydrogens is 632 g/mol. The molecule has 0 saturated carbocycles. The normalized spacial score (nSPS) is 23.0. The van der Waals surface area contributed by atoms with Crippen LogP contribution < -0.4 is 10.0 Å². The van der Waals surface area contributed by atoms with Crippen molar-refractivity contribution in [2.75, 3.05) is 59.5 Å². The minimum Gasteiger partial charge on any atom is -0.465 e. The largest absolute Gasteiger partial charge is 0.465 e. The molecule has 244 valence electrons. The van der Waals surface area contributed by atoms with Crippen LogP contribution in [0.25, 0.3) is 6.08 Å². The zero-order valence-electron chi connectivity index (χ0n) is 25.1. The standard InChI is InChI=1S/C28H41ClN6O7S2/c1-3-42-26(37)16-30-28(39)32(2)20-10-14-33(17-20)18-21-6-4-13-35(21)25(36)19-34-12-5-7-23(27(34)38)31-44(40,41)15-11-22-8-9-24(29)43-22/h8-9,11,15,20-21,23,31H,3-7,10,12-14,16-19H2,1-2H3,(H,30,39)/b15-11+. The van der Waals surface area contributed by atoms with Gasteiger partial charge in [0.1, 0.15) is 12.6 Å². The van der Waals surface area contributed by atoms with Crippen LogP contribution in [0.15, 0.2) is 17.5 Å². The first kappa shape index (κ1) is 34.2. The fourth-order valence-electron chi connectivity index (χ4n) is 5.87. The minimum atomic E-state index is -3.88. The lowest BCUT2D eigenvalue weighted by Crippen LogP contribution is -2.55. The second-order valence-electron chi connectivity index (χ2n) is 11.2. The number of amides is 4. The number of nitrogens with zero attached hydrogens (tertiary/aromatic N) is 4. The highest BCUT2D eigenvalue weighted by Gasteiger charge is 2.37. The van der Waals surface area contributed by atoms with E-state index in [4.69, 9.17) is 16.3 Å². The number of halogens is 1. The number of rotatable bonds is 12. The highest BCUT2D eigenvalue weighted by Crippen LogP contribution is 2.24. The summed E-state index contributed by atoms with van der Waals surface area (Å²) in [5.41, 5.74) is 0. The van der Waals surface area contributed by atoms with Gasteiger partial charge in [-0.3, -0.25) is 19.3 Å². The van der Waals surface area contributed by atoms with E-state index in [1.54, 1.807) is 31.0 Å². The molecule has 1 aromatic heterocycles. The summed E-state index contributed by atoms with van der Waals surface area (Å²) >= 11 is 7.15. The van der Waals surface area contributed by atoms with Gasteiger partial charge in [-0.05, 0) is 57.2 Å². The molecule has 3 fully saturated rings. The van der Waals surface area contributed by atoms with Gasteiger partial charge in [0.15, 0.2) is 0 Å². The Labute approximate surface area is 267 Å². The van der Waals surface area contributed by atoms with E-state index in [0.29, 0.717) is 48.2 Å². The molecule has 3 atom stereocenters. The lowest BCUT2D eigenvalue weighted by Gasteiger charge is -2.34. The molecule has 4 heterocycles. The Hall–Kier alpha value is -2.72. The van der Waals surface area contributed by atoms with Gasteiger partial charge in [0.25, 0.3) is 0 Å². The number of sulfonamides is 1. The van der Waals surface area contributed by atoms with Crippen molar-refractivity contribution in [3.63, 3.8) is 0 Å². The average molecular weight is 673 g/mol. The van der Waals surface area contributed by atoms with Crippen LogP contribution in [0.4, 0.5) is 4.79 Å². The van der Waals surface area contributed by atoms with Crippen molar-refractivity contribution in [2.24, 2.45) is 0 Å². The van der Waals surface area contributed by atoms with Crippen molar-refractivity contribution in [3.8, 4) is 0 Å². The molecule has 3 aliphatic rings. The van der Waals surface area contributed by atoms with Gasteiger partial charge in [-0.2, -0.15) is 4.72 Å². The Balaban J connectivity index is 1.25. The first-order chi connectivity index (χ1) is 21.0. The van der Waals surface area contributed by atoms with Crippen LogP contribution in [0.1, 0.15) is 43.9 Å². The quantitative estimate of drug-likeness (QED) is 0.318. The monoisotopic (exact) mass is 672 g/mol. The van der Waals surface area contributed by atoms with Crippen LogP contribution in [0.5, 0.6) is 0 Å². The number of carbonyl (C=O) groups excluding carboxylic acids is 4. The van der Waals surface area contributed by atoms with Crippen molar-refractivity contribution in [1.82, 2.24) is 29.6 Å². The fraction of sp³-hybridized carbons (Fsp3) is 0.643. The summed E-state index contributed by atoms with van der Waals surface area (Å²) in [6.45, 7) is 4.78. The third-order valence-corrected chi connectivity index (χ3v) is 10.4. The highest BCUT2D eigenvalue weighted by molar-refractivity contribution is 7.92. The van der Waals surface area contributed by atoms with E-state index in [2.05, 4.69) is 14.9 Å². The number of nitrogens with one attached hydrogen (secondary N) is 2. The number of likely N-dealkylation sites (tertiary alicyclic amines) is 3. The summed E-state index contributed by atoms with van der Waals surface area (Å²) < 4.78 is 33.1. The lowest BCUT2D eigenvalue weighted by atomic mass is 10.1. The molecule has 13 nitrogen and oxygen atoms in total. The van der Waals surface area contributed by atoms with E-state index in [9.17, 15) is 27.6 Å². The van der Waals surface area contributed by atoms with Gasteiger partial charge in [-0.15, -0.1) is 11.3 Å². The van der Waals surface area contributed by atoms with E-state index in [-0.39, 0.29) is 43.7 Å². The predicted molar refractivity (Wildman–Crippen MR) is 167 cm³/mol. The Morgan fingerprint density at radius 2 is 1.93 bits per heavy atom. The summed E-state index contributed by atoms with van der Waals surface area (Å²) in [6.07, 6.45) is 4.86. The molecular formula is C28H41ClN6O7S2. The molecule has 3 aliphatic heterocycles. The zero-order chi connectivity index (χ0) is 31.9. The van der Waals surface area contributed by atoms with Gasteiger partial charge in [0.05, 0.1) is 17.5 Å². The molecule has 4 amide bonds. The van der Waals surface area contributed by atoms with Crippen LogP contribution >= 0.6 is 22.9 Å². The third kappa shape index (κ3) is 9.39. The number of ether oxygens (including phenoxy) is 1. The van der Waals surface area contributed by atoms with Crippen LogP contribution in [0, 0.1) is 0 Å². The molecule has 3 saturated heterocycles. The molecule has 4 rings (SSSR count). The van der Waals surface area contributed by atoms with Gasteiger partial charge in [0, 0.05) is 62.1 Å². The number of esters is 1. The Morgan fingerprint density at radius 1 is 1.16 bits per heavy atom. The number of likely N-dealkylation sites (N-methyl/N-ethyl adjacent to an activating group) is 1.